The van der Waals surface area contributed by atoms with E-state index in [1.807, 2.05) is 6.07 Å². The van der Waals surface area contributed by atoms with Crippen LogP contribution in [-0.2, 0) is 23.7 Å². The van der Waals surface area contributed by atoms with Gasteiger partial charge in [-0.1, -0.05) is 18.2 Å². The molecule has 0 spiro atoms. The van der Waals surface area contributed by atoms with Crippen LogP contribution in [0.25, 0.3) is 0 Å². The molecule has 2 bridgehead atoms. The van der Waals surface area contributed by atoms with Crippen LogP contribution in [0.3, 0.4) is 0 Å². The van der Waals surface area contributed by atoms with Gasteiger partial charge in [-0.15, -0.1) is 0 Å². The molecule has 2 aliphatic heterocycles. The second-order valence-electron chi connectivity index (χ2n) is 7.10. The summed E-state index contributed by atoms with van der Waals surface area (Å²) in [6.45, 7) is 5.46. The third kappa shape index (κ3) is 3.60. The fourth-order valence-corrected chi connectivity index (χ4v) is 2.73. The lowest BCUT2D eigenvalue weighted by Crippen LogP contribution is -2.42. The second kappa shape index (κ2) is 6.53. The van der Waals surface area contributed by atoms with Crippen molar-refractivity contribution in [3.8, 4) is 0 Å². The van der Waals surface area contributed by atoms with Gasteiger partial charge in [0.2, 0.25) is 0 Å². The topological polar surface area (TPSA) is 71.1 Å². The highest BCUT2D eigenvalue weighted by Crippen LogP contribution is 2.36. The number of benzene rings is 1. The first-order valence-electron chi connectivity index (χ1n) is 8.09. The van der Waals surface area contributed by atoms with Gasteiger partial charge in [-0.05, 0) is 32.9 Å². The number of carbonyl (C=O) groups is 2. The third-order valence-corrected chi connectivity index (χ3v) is 4.05. The molecule has 2 saturated heterocycles. The minimum absolute atomic E-state index is 0.0939. The lowest BCUT2D eigenvalue weighted by molar-refractivity contribution is -0.159. The molecule has 4 atom stereocenters. The Kier molecular flexibility index (Phi) is 4.60. The van der Waals surface area contributed by atoms with E-state index in [2.05, 4.69) is 0 Å². The average molecular weight is 334 g/mol. The van der Waals surface area contributed by atoms with E-state index in [1.165, 1.54) is 0 Å². The quantitative estimate of drug-likeness (QED) is 0.787. The van der Waals surface area contributed by atoms with Gasteiger partial charge in [0.15, 0.2) is 6.29 Å². The van der Waals surface area contributed by atoms with Crippen molar-refractivity contribution in [3.05, 3.63) is 35.9 Å². The van der Waals surface area contributed by atoms with Gasteiger partial charge in [0, 0.05) is 6.42 Å². The van der Waals surface area contributed by atoms with E-state index in [1.54, 1.807) is 45.0 Å². The fourth-order valence-electron chi connectivity index (χ4n) is 2.73. The zero-order valence-corrected chi connectivity index (χ0v) is 14.1. The molecule has 0 amide bonds. The molecule has 6 nitrogen and oxygen atoms in total. The number of hydrogen-bond acceptors (Lipinski definition) is 6. The number of hydrogen-bond donors (Lipinski definition) is 0. The first kappa shape index (κ1) is 16.9. The summed E-state index contributed by atoms with van der Waals surface area (Å²) in [5.41, 5.74) is -0.0746. The van der Waals surface area contributed by atoms with E-state index >= 15 is 0 Å². The van der Waals surface area contributed by atoms with E-state index in [-0.39, 0.29) is 18.5 Å². The first-order valence-corrected chi connectivity index (χ1v) is 8.09. The number of fused-ring (bicyclic) bond motifs is 2. The van der Waals surface area contributed by atoms with Crippen molar-refractivity contribution in [1.29, 1.82) is 0 Å². The van der Waals surface area contributed by atoms with Gasteiger partial charge in [0.25, 0.3) is 0 Å². The van der Waals surface area contributed by atoms with Crippen molar-refractivity contribution in [2.24, 2.45) is 5.41 Å². The standard InChI is InChI=1S/C18H22O6/c1-18(2,3)17(20)21-10-13-15-12(9-14(22-13)24-15)23-16(19)11-7-5-4-6-8-11/h4-8,12-15H,9-10H2,1-3H3/t12-,13-,14+,15-/m1/s1. The van der Waals surface area contributed by atoms with Crippen LogP contribution in [0.5, 0.6) is 0 Å². The van der Waals surface area contributed by atoms with Crippen LogP contribution >= 0.6 is 0 Å². The minimum Gasteiger partial charge on any atom is -0.462 e. The summed E-state index contributed by atoms with van der Waals surface area (Å²) >= 11 is 0. The Morgan fingerprint density at radius 3 is 2.50 bits per heavy atom. The number of esters is 2. The molecule has 3 rings (SSSR count). The summed E-state index contributed by atoms with van der Waals surface area (Å²) in [5, 5.41) is 0. The largest absolute Gasteiger partial charge is 0.462 e. The summed E-state index contributed by atoms with van der Waals surface area (Å²) < 4.78 is 22.2. The van der Waals surface area contributed by atoms with Gasteiger partial charge >= 0.3 is 11.9 Å². The van der Waals surface area contributed by atoms with E-state index in [9.17, 15) is 9.59 Å². The minimum atomic E-state index is -0.572. The van der Waals surface area contributed by atoms with E-state index < -0.39 is 30.0 Å². The molecule has 1 aromatic rings. The Bertz CT molecular complexity index is 606. The monoisotopic (exact) mass is 334 g/mol. The van der Waals surface area contributed by atoms with E-state index in [0.29, 0.717) is 12.0 Å². The Hall–Kier alpha value is -1.92. The van der Waals surface area contributed by atoms with Gasteiger partial charge in [-0.2, -0.15) is 0 Å². The first-order chi connectivity index (χ1) is 11.3. The highest BCUT2D eigenvalue weighted by atomic mass is 16.8. The maximum atomic E-state index is 12.2. The summed E-state index contributed by atoms with van der Waals surface area (Å²) in [7, 11) is 0. The van der Waals surface area contributed by atoms with Crippen LogP contribution in [0.1, 0.15) is 37.6 Å². The Labute approximate surface area is 141 Å². The molecule has 0 saturated carbocycles. The van der Waals surface area contributed by atoms with Gasteiger partial charge in [-0.25, -0.2) is 4.79 Å². The highest BCUT2D eigenvalue weighted by molar-refractivity contribution is 5.89. The highest BCUT2D eigenvalue weighted by Gasteiger charge is 2.51. The van der Waals surface area contributed by atoms with E-state index in [0.717, 1.165) is 0 Å². The summed E-state index contributed by atoms with van der Waals surface area (Å²) in [6.07, 6.45) is -1.14. The van der Waals surface area contributed by atoms with E-state index in [4.69, 9.17) is 18.9 Å². The molecule has 2 aliphatic rings. The Morgan fingerprint density at radius 2 is 1.88 bits per heavy atom. The van der Waals surface area contributed by atoms with Crippen molar-refractivity contribution in [3.63, 3.8) is 0 Å². The van der Waals surface area contributed by atoms with Gasteiger partial charge in [0.05, 0.1) is 11.0 Å². The second-order valence-corrected chi connectivity index (χ2v) is 7.10. The summed E-state index contributed by atoms with van der Waals surface area (Å²) in [6, 6.07) is 8.81. The molecule has 0 aromatic heterocycles. The van der Waals surface area contributed by atoms with Crippen LogP contribution < -0.4 is 0 Å². The summed E-state index contributed by atoms with van der Waals surface area (Å²) in [4.78, 5) is 24.0. The van der Waals surface area contributed by atoms with Crippen LogP contribution in [-0.4, -0.2) is 43.1 Å². The molecule has 0 N–H and O–H groups in total. The number of carbonyl (C=O) groups excluding carboxylic acids is 2. The summed E-state index contributed by atoms with van der Waals surface area (Å²) in [5.74, 6) is -0.686. The van der Waals surface area contributed by atoms with Crippen molar-refractivity contribution in [2.45, 2.75) is 51.8 Å². The predicted molar refractivity (Wildman–Crippen MR) is 84.2 cm³/mol. The zero-order chi connectivity index (χ0) is 17.3. The maximum Gasteiger partial charge on any atom is 0.338 e. The molecule has 2 heterocycles. The lowest BCUT2D eigenvalue weighted by atomic mass is 9.97. The SMILES string of the molecule is CC(C)(C)C(=O)OC[C@H]1O[C@@H]2C[C@@H](OC(=O)c3ccccc3)[C@H]1O2. The van der Waals surface area contributed by atoms with Crippen LogP contribution in [0.2, 0.25) is 0 Å². The van der Waals surface area contributed by atoms with Crippen LogP contribution in [0.15, 0.2) is 30.3 Å². The fraction of sp³-hybridized carbons (Fsp3) is 0.556. The average Bonchev–Trinajstić information content (AvgIpc) is 3.12. The van der Waals surface area contributed by atoms with Crippen molar-refractivity contribution in [1.82, 2.24) is 0 Å². The maximum absolute atomic E-state index is 12.2. The third-order valence-electron chi connectivity index (χ3n) is 4.05. The lowest BCUT2D eigenvalue weighted by Gasteiger charge is -2.27. The zero-order valence-electron chi connectivity index (χ0n) is 14.1. The molecular weight excluding hydrogens is 312 g/mol. The van der Waals surface area contributed by atoms with Crippen molar-refractivity contribution < 1.29 is 28.5 Å². The van der Waals surface area contributed by atoms with Crippen LogP contribution in [0, 0.1) is 5.41 Å². The van der Waals surface area contributed by atoms with Gasteiger partial charge in [-0.3, -0.25) is 4.79 Å². The van der Waals surface area contributed by atoms with Crippen LogP contribution in [0.4, 0.5) is 0 Å². The smallest absolute Gasteiger partial charge is 0.338 e. The molecule has 6 heteroatoms. The molecule has 2 fully saturated rings. The molecule has 0 aliphatic carbocycles. The van der Waals surface area contributed by atoms with Crippen molar-refractivity contribution in [2.75, 3.05) is 6.61 Å². The van der Waals surface area contributed by atoms with Crippen molar-refractivity contribution >= 4 is 11.9 Å². The molecule has 1 aromatic carbocycles. The Morgan fingerprint density at radius 1 is 1.17 bits per heavy atom. The molecule has 130 valence electrons. The molecule has 0 unspecified atom stereocenters. The molecule has 24 heavy (non-hydrogen) atoms. The normalized spacial score (nSPS) is 28.6. The number of ether oxygens (including phenoxy) is 4. The predicted octanol–water partition coefficient (Wildman–Crippen LogP) is 2.32. The molecule has 0 radical (unpaired) electrons. The van der Waals surface area contributed by atoms with Gasteiger partial charge in [0.1, 0.15) is 24.9 Å². The van der Waals surface area contributed by atoms with Gasteiger partial charge < -0.3 is 18.9 Å². The Balaban J connectivity index is 1.56. The number of rotatable bonds is 4. The molecular formula is C18H22O6.